The first-order chi connectivity index (χ1) is 11.0. The molecule has 1 aromatic heterocycles. The first kappa shape index (κ1) is 15.2. The quantitative estimate of drug-likeness (QED) is 0.541. The summed E-state index contributed by atoms with van der Waals surface area (Å²) in [4.78, 5) is 36.9. The lowest BCUT2D eigenvalue weighted by molar-refractivity contribution is 0.0987. The molecule has 114 valence electrons. The van der Waals surface area contributed by atoms with Gasteiger partial charge < -0.3 is 4.42 Å². The number of ketones is 2. The number of fused-ring (bicyclic) bond motifs is 1. The van der Waals surface area contributed by atoms with E-state index in [1.54, 1.807) is 36.4 Å². The molecule has 3 aromatic rings. The van der Waals surface area contributed by atoms with Crippen molar-refractivity contribution >= 4 is 34.1 Å². The zero-order valence-electron chi connectivity index (χ0n) is 12.1. The van der Waals surface area contributed by atoms with Crippen LogP contribution in [0.15, 0.2) is 57.7 Å². The third-order valence-electron chi connectivity index (χ3n) is 3.48. The molecule has 0 aliphatic carbocycles. The van der Waals surface area contributed by atoms with Gasteiger partial charge in [-0.2, -0.15) is 0 Å². The van der Waals surface area contributed by atoms with Crippen LogP contribution in [0.1, 0.15) is 33.2 Å². The molecule has 2 aromatic carbocycles. The van der Waals surface area contributed by atoms with E-state index in [1.165, 1.54) is 19.1 Å². The number of halogens is 1. The summed E-state index contributed by atoms with van der Waals surface area (Å²) < 4.78 is 5.15. The molecule has 0 saturated heterocycles. The van der Waals surface area contributed by atoms with E-state index < -0.39 is 17.2 Å². The highest BCUT2D eigenvalue weighted by molar-refractivity contribution is 6.32. The van der Waals surface area contributed by atoms with Gasteiger partial charge in [0.2, 0.25) is 0 Å². The van der Waals surface area contributed by atoms with Crippen molar-refractivity contribution in [2.45, 2.75) is 6.92 Å². The van der Waals surface area contributed by atoms with Gasteiger partial charge in [-0.1, -0.05) is 41.9 Å². The Hall–Kier alpha value is -2.72. The van der Waals surface area contributed by atoms with Crippen molar-refractivity contribution in [1.29, 1.82) is 0 Å². The summed E-state index contributed by atoms with van der Waals surface area (Å²) in [6, 6.07) is 13.0. The predicted molar refractivity (Wildman–Crippen MR) is 87.4 cm³/mol. The smallest absolute Gasteiger partial charge is 0.347 e. The Bertz CT molecular complexity index is 987. The first-order valence-electron chi connectivity index (χ1n) is 6.86. The van der Waals surface area contributed by atoms with Gasteiger partial charge in [-0.05, 0) is 25.1 Å². The Labute approximate surface area is 136 Å². The van der Waals surface area contributed by atoms with E-state index in [9.17, 15) is 14.4 Å². The van der Waals surface area contributed by atoms with Gasteiger partial charge in [0.05, 0.1) is 5.56 Å². The second kappa shape index (κ2) is 5.82. The van der Waals surface area contributed by atoms with E-state index in [4.69, 9.17) is 16.0 Å². The molecule has 0 fully saturated rings. The third-order valence-corrected chi connectivity index (χ3v) is 3.72. The van der Waals surface area contributed by atoms with E-state index in [2.05, 4.69) is 0 Å². The number of carbonyl (C=O) groups excluding carboxylic acids is 2. The monoisotopic (exact) mass is 326 g/mol. The largest absolute Gasteiger partial charge is 0.422 e. The molecule has 5 heteroatoms. The average molecular weight is 327 g/mol. The number of Topliss-reactive ketones (excluding diaryl/α,β-unsaturated/α-hetero) is 1. The molecule has 4 nitrogen and oxygen atoms in total. The zero-order chi connectivity index (χ0) is 16.6. The van der Waals surface area contributed by atoms with Crippen LogP contribution >= 0.6 is 11.6 Å². The molecule has 0 N–H and O–H groups in total. The highest BCUT2D eigenvalue weighted by atomic mass is 35.5. The molecular formula is C18H11ClO4. The number of carbonyl (C=O) groups is 2. The molecule has 1 heterocycles. The van der Waals surface area contributed by atoms with Crippen LogP contribution in [0.4, 0.5) is 0 Å². The molecule has 0 bridgehead atoms. The van der Waals surface area contributed by atoms with Crippen LogP contribution in [0, 0.1) is 0 Å². The summed E-state index contributed by atoms with van der Waals surface area (Å²) in [5, 5.41) is 0.721. The third kappa shape index (κ3) is 2.69. The van der Waals surface area contributed by atoms with E-state index in [0.29, 0.717) is 16.0 Å². The molecule has 0 atom stereocenters. The van der Waals surface area contributed by atoms with Crippen LogP contribution in [0.3, 0.4) is 0 Å². The predicted octanol–water partition coefficient (Wildman–Crippen LogP) is 3.88. The minimum atomic E-state index is -0.827. The lowest BCUT2D eigenvalue weighted by Crippen LogP contribution is -2.19. The molecule has 23 heavy (non-hydrogen) atoms. The highest BCUT2D eigenvalue weighted by Gasteiger charge is 2.24. The van der Waals surface area contributed by atoms with Crippen molar-refractivity contribution in [3.05, 3.63) is 80.7 Å². The number of hydrogen-bond donors (Lipinski definition) is 0. The molecule has 0 unspecified atom stereocenters. The van der Waals surface area contributed by atoms with Gasteiger partial charge in [0.15, 0.2) is 11.6 Å². The first-order valence-corrected chi connectivity index (χ1v) is 7.24. The summed E-state index contributed by atoms with van der Waals surface area (Å²) in [5.41, 5.74) is -0.469. The minimum absolute atomic E-state index is 0.0254. The topological polar surface area (TPSA) is 64.3 Å². The Morgan fingerprint density at radius 1 is 1.00 bits per heavy atom. The molecule has 0 aliphatic heterocycles. The number of rotatable bonds is 3. The van der Waals surface area contributed by atoms with Crippen LogP contribution in [-0.2, 0) is 0 Å². The van der Waals surface area contributed by atoms with Gasteiger partial charge in [0.1, 0.15) is 11.1 Å². The molecule has 3 rings (SSSR count). The van der Waals surface area contributed by atoms with Crippen molar-refractivity contribution < 1.29 is 14.0 Å². The van der Waals surface area contributed by atoms with E-state index >= 15 is 0 Å². The van der Waals surface area contributed by atoms with E-state index in [0.717, 1.165) is 0 Å². The SMILES string of the molecule is CC(=O)c1c(C(=O)c2ccccc2)c2cc(Cl)ccc2oc1=O. The zero-order valence-corrected chi connectivity index (χ0v) is 12.9. The van der Waals surface area contributed by atoms with Gasteiger partial charge in [-0.15, -0.1) is 0 Å². The van der Waals surface area contributed by atoms with Crippen LogP contribution < -0.4 is 5.63 Å². The van der Waals surface area contributed by atoms with Crippen molar-refractivity contribution in [2.24, 2.45) is 0 Å². The number of hydrogen-bond acceptors (Lipinski definition) is 4. The van der Waals surface area contributed by atoms with E-state index in [-0.39, 0.29) is 16.7 Å². The van der Waals surface area contributed by atoms with Crippen LogP contribution in [0.5, 0.6) is 0 Å². The summed E-state index contributed by atoms with van der Waals surface area (Å²) in [6.45, 7) is 1.23. The minimum Gasteiger partial charge on any atom is -0.422 e. The Morgan fingerprint density at radius 2 is 1.70 bits per heavy atom. The normalized spacial score (nSPS) is 10.7. The lowest BCUT2D eigenvalue weighted by atomic mass is 9.94. The fraction of sp³-hybridized carbons (Fsp3) is 0.0556. The summed E-state index contributed by atoms with van der Waals surface area (Å²) in [7, 11) is 0. The molecule has 0 amide bonds. The van der Waals surface area contributed by atoms with Crippen molar-refractivity contribution in [3.63, 3.8) is 0 Å². The van der Waals surface area contributed by atoms with Gasteiger partial charge in [-0.3, -0.25) is 9.59 Å². The summed E-state index contributed by atoms with van der Waals surface area (Å²) >= 11 is 6.00. The maximum atomic E-state index is 12.9. The molecular weight excluding hydrogens is 316 g/mol. The maximum absolute atomic E-state index is 12.9. The molecule has 0 spiro atoms. The Kier molecular flexibility index (Phi) is 3.84. The Morgan fingerprint density at radius 3 is 2.35 bits per heavy atom. The molecule has 0 aliphatic rings. The van der Waals surface area contributed by atoms with Gasteiger partial charge >= 0.3 is 5.63 Å². The van der Waals surface area contributed by atoms with Crippen LogP contribution in [0.2, 0.25) is 5.02 Å². The standard InChI is InChI=1S/C18H11ClO4/c1-10(20)15-16(17(21)11-5-3-2-4-6-11)13-9-12(19)7-8-14(13)23-18(15)22/h2-9H,1H3. The van der Waals surface area contributed by atoms with Crippen LogP contribution in [0.25, 0.3) is 11.0 Å². The average Bonchev–Trinajstić information content (AvgIpc) is 2.54. The fourth-order valence-electron chi connectivity index (χ4n) is 2.46. The second-order valence-electron chi connectivity index (χ2n) is 5.03. The summed E-state index contributed by atoms with van der Waals surface area (Å²) in [6.07, 6.45) is 0. The Balaban J connectivity index is 2.43. The van der Waals surface area contributed by atoms with Gasteiger partial charge in [0.25, 0.3) is 0 Å². The van der Waals surface area contributed by atoms with Crippen molar-refractivity contribution in [1.82, 2.24) is 0 Å². The fourth-order valence-corrected chi connectivity index (χ4v) is 2.64. The lowest BCUT2D eigenvalue weighted by Gasteiger charge is -2.09. The second-order valence-corrected chi connectivity index (χ2v) is 5.47. The van der Waals surface area contributed by atoms with E-state index in [1.807, 2.05) is 0 Å². The van der Waals surface area contributed by atoms with Crippen molar-refractivity contribution in [2.75, 3.05) is 0 Å². The van der Waals surface area contributed by atoms with Crippen molar-refractivity contribution in [3.8, 4) is 0 Å². The summed E-state index contributed by atoms with van der Waals surface area (Å²) in [5.74, 6) is -0.948. The number of benzene rings is 2. The van der Waals surface area contributed by atoms with Crippen LogP contribution in [-0.4, -0.2) is 11.6 Å². The van der Waals surface area contributed by atoms with Gasteiger partial charge in [0, 0.05) is 16.0 Å². The molecule has 0 saturated carbocycles. The van der Waals surface area contributed by atoms with Gasteiger partial charge in [-0.25, -0.2) is 4.79 Å². The molecule has 0 radical (unpaired) electrons. The maximum Gasteiger partial charge on any atom is 0.347 e. The highest BCUT2D eigenvalue weighted by Crippen LogP contribution is 2.26.